The number of hydrogen-bond acceptors (Lipinski definition) is 5. The zero-order chi connectivity index (χ0) is 16.9. The van der Waals surface area contributed by atoms with Crippen LogP contribution in [0.15, 0.2) is 36.5 Å². The summed E-state index contributed by atoms with van der Waals surface area (Å²) in [6.07, 6.45) is 2.99. The molecule has 2 heterocycles. The van der Waals surface area contributed by atoms with Crippen molar-refractivity contribution < 1.29 is 14.3 Å². The number of carbonyl (C=O) groups is 2. The van der Waals surface area contributed by atoms with Gasteiger partial charge in [0.1, 0.15) is 0 Å². The molecule has 1 amide bonds. The van der Waals surface area contributed by atoms with Crippen LogP contribution in [0.25, 0.3) is 5.69 Å². The molecule has 0 N–H and O–H groups in total. The minimum absolute atomic E-state index is 0.203. The van der Waals surface area contributed by atoms with Crippen LogP contribution in [0, 0.1) is 5.92 Å². The number of amides is 1. The molecule has 0 saturated carbocycles. The molecular formula is C17H20N4O3. The van der Waals surface area contributed by atoms with Crippen molar-refractivity contribution in [2.45, 2.75) is 19.8 Å². The fourth-order valence-electron chi connectivity index (χ4n) is 2.82. The van der Waals surface area contributed by atoms with Gasteiger partial charge < -0.3 is 9.64 Å². The van der Waals surface area contributed by atoms with Crippen molar-refractivity contribution in [2.75, 3.05) is 19.7 Å². The molecule has 1 aromatic heterocycles. The number of piperidine rings is 1. The standard InChI is InChI=1S/C17H20N4O3/c1-2-24-17(23)13-7-6-10-20(12-13)16(22)15-11-18-21(19-15)14-8-4-3-5-9-14/h3-5,8-9,11,13H,2,6-7,10,12H2,1H3. The van der Waals surface area contributed by atoms with Gasteiger partial charge in [-0.25, -0.2) is 0 Å². The van der Waals surface area contributed by atoms with E-state index in [0.29, 0.717) is 19.7 Å². The number of esters is 1. The zero-order valence-corrected chi connectivity index (χ0v) is 13.6. The summed E-state index contributed by atoms with van der Waals surface area (Å²) in [7, 11) is 0. The van der Waals surface area contributed by atoms with E-state index >= 15 is 0 Å². The summed E-state index contributed by atoms with van der Waals surface area (Å²) < 4.78 is 5.07. The van der Waals surface area contributed by atoms with Gasteiger partial charge in [-0.05, 0) is 31.9 Å². The molecule has 1 aliphatic heterocycles. The number of rotatable bonds is 4. The van der Waals surface area contributed by atoms with E-state index in [4.69, 9.17) is 4.74 Å². The van der Waals surface area contributed by atoms with E-state index in [1.807, 2.05) is 30.3 Å². The van der Waals surface area contributed by atoms with E-state index in [9.17, 15) is 9.59 Å². The first-order valence-corrected chi connectivity index (χ1v) is 8.12. The molecule has 1 unspecified atom stereocenters. The monoisotopic (exact) mass is 328 g/mol. The van der Waals surface area contributed by atoms with Gasteiger partial charge in [0.15, 0.2) is 5.69 Å². The van der Waals surface area contributed by atoms with Crippen LogP contribution in [0.3, 0.4) is 0 Å². The highest BCUT2D eigenvalue weighted by Crippen LogP contribution is 2.19. The minimum Gasteiger partial charge on any atom is -0.466 e. The average molecular weight is 328 g/mol. The van der Waals surface area contributed by atoms with Gasteiger partial charge in [0.25, 0.3) is 5.91 Å². The van der Waals surface area contributed by atoms with Crippen molar-refractivity contribution in [1.82, 2.24) is 19.9 Å². The van der Waals surface area contributed by atoms with Crippen LogP contribution in [-0.2, 0) is 9.53 Å². The number of benzene rings is 1. The molecule has 7 heteroatoms. The Morgan fingerprint density at radius 1 is 1.29 bits per heavy atom. The first-order valence-electron chi connectivity index (χ1n) is 8.12. The van der Waals surface area contributed by atoms with Crippen molar-refractivity contribution in [3.8, 4) is 5.69 Å². The molecule has 24 heavy (non-hydrogen) atoms. The van der Waals surface area contributed by atoms with E-state index in [2.05, 4.69) is 10.2 Å². The topological polar surface area (TPSA) is 77.3 Å². The molecule has 1 aromatic carbocycles. The Kier molecular flexibility index (Phi) is 4.88. The summed E-state index contributed by atoms with van der Waals surface area (Å²) in [5.74, 6) is -0.694. The predicted molar refractivity (Wildman–Crippen MR) is 86.6 cm³/mol. The number of para-hydroxylation sites is 1. The normalized spacial score (nSPS) is 17.5. The highest BCUT2D eigenvalue weighted by molar-refractivity contribution is 5.92. The second-order valence-electron chi connectivity index (χ2n) is 5.70. The highest BCUT2D eigenvalue weighted by atomic mass is 16.5. The van der Waals surface area contributed by atoms with Crippen molar-refractivity contribution in [2.24, 2.45) is 5.92 Å². The van der Waals surface area contributed by atoms with Crippen molar-refractivity contribution in [3.05, 3.63) is 42.2 Å². The second-order valence-corrected chi connectivity index (χ2v) is 5.70. The zero-order valence-electron chi connectivity index (χ0n) is 13.6. The predicted octanol–water partition coefficient (Wildman–Crippen LogP) is 1.68. The molecule has 3 rings (SSSR count). The molecule has 1 saturated heterocycles. The number of carbonyl (C=O) groups excluding carboxylic acids is 2. The van der Waals surface area contributed by atoms with Crippen molar-refractivity contribution in [3.63, 3.8) is 0 Å². The summed E-state index contributed by atoms with van der Waals surface area (Å²) in [5.41, 5.74) is 1.07. The van der Waals surface area contributed by atoms with E-state index in [0.717, 1.165) is 18.5 Å². The first kappa shape index (κ1) is 16.2. The van der Waals surface area contributed by atoms with Crippen LogP contribution in [0.5, 0.6) is 0 Å². The minimum atomic E-state index is -0.258. The lowest BCUT2D eigenvalue weighted by Crippen LogP contribution is -2.43. The number of hydrogen-bond donors (Lipinski definition) is 0. The summed E-state index contributed by atoms with van der Waals surface area (Å²) in [6.45, 7) is 3.13. The fraction of sp³-hybridized carbons (Fsp3) is 0.412. The van der Waals surface area contributed by atoms with Crippen LogP contribution in [-0.4, -0.2) is 51.5 Å². The Balaban J connectivity index is 1.70. The summed E-state index contributed by atoms with van der Waals surface area (Å²) >= 11 is 0. The summed E-state index contributed by atoms with van der Waals surface area (Å²) in [6, 6.07) is 9.41. The largest absolute Gasteiger partial charge is 0.466 e. The maximum Gasteiger partial charge on any atom is 0.310 e. The van der Waals surface area contributed by atoms with Crippen LogP contribution >= 0.6 is 0 Å². The van der Waals surface area contributed by atoms with Crippen LogP contribution in [0.4, 0.5) is 0 Å². The van der Waals surface area contributed by atoms with Crippen LogP contribution in [0.1, 0.15) is 30.3 Å². The molecule has 1 fully saturated rings. The van der Waals surface area contributed by atoms with Gasteiger partial charge in [0.05, 0.1) is 24.4 Å². The third-order valence-corrected chi connectivity index (χ3v) is 4.03. The smallest absolute Gasteiger partial charge is 0.310 e. The van der Waals surface area contributed by atoms with Gasteiger partial charge >= 0.3 is 5.97 Å². The van der Waals surface area contributed by atoms with Crippen molar-refractivity contribution in [1.29, 1.82) is 0 Å². The molecule has 0 bridgehead atoms. The van der Waals surface area contributed by atoms with Crippen LogP contribution in [0.2, 0.25) is 0 Å². The maximum absolute atomic E-state index is 12.6. The molecule has 1 aliphatic rings. The van der Waals surface area contributed by atoms with Gasteiger partial charge in [-0.15, -0.1) is 5.10 Å². The Morgan fingerprint density at radius 2 is 2.08 bits per heavy atom. The quantitative estimate of drug-likeness (QED) is 0.798. The average Bonchev–Trinajstić information content (AvgIpc) is 3.12. The number of nitrogens with zero attached hydrogens (tertiary/aromatic N) is 4. The summed E-state index contributed by atoms with van der Waals surface area (Å²) in [5, 5.41) is 8.41. The van der Waals surface area contributed by atoms with Gasteiger partial charge in [-0.2, -0.15) is 9.90 Å². The molecular weight excluding hydrogens is 308 g/mol. The van der Waals surface area contributed by atoms with Gasteiger partial charge in [0, 0.05) is 13.1 Å². The fourth-order valence-corrected chi connectivity index (χ4v) is 2.82. The third kappa shape index (κ3) is 3.45. The lowest BCUT2D eigenvalue weighted by molar-refractivity contribution is -0.149. The first-order chi connectivity index (χ1) is 11.7. The number of ether oxygens (including phenoxy) is 1. The Morgan fingerprint density at radius 3 is 2.83 bits per heavy atom. The molecule has 7 nitrogen and oxygen atoms in total. The number of aromatic nitrogens is 3. The maximum atomic E-state index is 12.6. The second kappa shape index (κ2) is 7.25. The number of likely N-dealkylation sites (tertiary alicyclic amines) is 1. The lowest BCUT2D eigenvalue weighted by Gasteiger charge is -2.30. The van der Waals surface area contributed by atoms with Crippen molar-refractivity contribution >= 4 is 11.9 Å². The third-order valence-electron chi connectivity index (χ3n) is 4.03. The van der Waals surface area contributed by atoms with Gasteiger partial charge in [-0.3, -0.25) is 9.59 Å². The molecule has 0 spiro atoms. The molecule has 0 radical (unpaired) electrons. The highest BCUT2D eigenvalue weighted by Gasteiger charge is 2.30. The lowest BCUT2D eigenvalue weighted by atomic mass is 9.98. The molecule has 126 valence electrons. The summed E-state index contributed by atoms with van der Waals surface area (Å²) in [4.78, 5) is 27.6. The Bertz CT molecular complexity index is 714. The van der Waals surface area contributed by atoms with E-state index in [1.165, 1.54) is 11.0 Å². The van der Waals surface area contributed by atoms with Gasteiger partial charge in [0.2, 0.25) is 0 Å². The van der Waals surface area contributed by atoms with E-state index in [1.54, 1.807) is 11.8 Å². The molecule has 0 aliphatic carbocycles. The SMILES string of the molecule is CCOC(=O)C1CCCN(C(=O)c2cnn(-c3ccccc3)n2)C1. The van der Waals surface area contributed by atoms with Gasteiger partial charge in [-0.1, -0.05) is 18.2 Å². The Labute approximate surface area is 140 Å². The Hall–Kier alpha value is -2.70. The van der Waals surface area contributed by atoms with Crippen LogP contribution < -0.4 is 0 Å². The van der Waals surface area contributed by atoms with E-state index < -0.39 is 0 Å². The molecule has 1 atom stereocenters. The van der Waals surface area contributed by atoms with E-state index in [-0.39, 0.29) is 23.5 Å². The molecule has 2 aromatic rings.